The second kappa shape index (κ2) is 18.1. The van der Waals surface area contributed by atoms with E-state index < -0.39 is 100 Å². The van der Waals surface area contributed by atoms with Gasteiger partial charge < -0.3 is 49.2 Å². The first-order valence-electron chi connectivity index (χ1n) is 18.3. The summed E-state index contributed by atoms with van der Waals surface area (Å²) in [6, 6.07) is 1.00. The van der Waals surface area contributed by atoms with Gasteiger partial charge in [-0.15, -0.1) is 11.8 Å². The number of likely N-dealkylation sites (N-methyl/N-ethyl adjacent to an activating group) is 1. The monoisotopic (exact) mass is 869 g/mol. The Morgan fingerprint density at radius 2 is 1.36 bits per heavy atom. The fourth-order valence-electron chi connectivity index (χ4n) is 6.63. The zero-order chi connectivity index (χ0) is 45.1. The molecule has 23 heteroatoms. The number of amides is 6. The standard InChI is InChI=1S/C38H39N5O17S/c1-7-41-12-13-42(33(51)32(41)50)37(55)40-27(21-8-10-23(57-17(2)44)25(14-21)59-19(4)46)30(48)39-28-31(49)43-29(35(52)53)38(6,61-34(28)43)16-56-36(54)22-9-11-24(58-18(3)45)26(15-22)60-20(5)47/h8-11,14-15,27-29,34H,7,12-13,16H2,1-6H3,(H,39,48)(H,40,55)(H,52,53)/t27?,28-,29+,34-,38+/m1/s1. The molecule has 2 aromatic carbocycles. The number of fused-ring (bicyclic) bond motifs is 1. The van der Waals surface area contributed by atoms with E-state index in [2.05, 4.69) is 10.6 Å². The van der Waals surface area contributed by atoms with Gasteiger partial charge in [0.25, 0.3) is 0 Å². The van der Waals surface area contributed by atoms with Crippen molar-refractivity contribution >= 4 is 77.2 Å². The molecule has 3 aliphatic rings. The highest BCUT2D eigenvalue weighted by Gasteiger charge is 2.66. The summed E-state index contributed by atoms with van der Waals surface area (Å²) in [4.78, 5) is 142. The SMILES string of the molecule is CCN1CCN(C(=O)NC(C(=O)N[C@@H]2C(=O)N3[C@@H]2S[C@@](C)(COC(=O)c2ccc(OC(C)=O)c(OC(C)=O)c2)[C@@H]3C(=O)O)c2ccc(OC(C)=O)c(OC(C)=O)c2)C(=O)C1=O. The van der Waals surface area contributed by atoms with Crippen molar-refractivity contribution in [2.75, 3.05) is 26.2 Å². The van der Waals surface area contributed by atoms with Crippen LogP contribution < -0.4 is 29.6 Å². The summed E-state index contributed by atoms with van der Waals surface area (Å²) in [6.45, 7) is 6.75. The number of imide groups is 1. The molecule has 0 spiro atoms. The molecule has 0 bridgehead atoms. The molecule has 324 valence electrons. The van der Waals surface area contributed by atoms with Crippen molar-refractivity contribution < 1.29 is 81.5 Å². The third-order valence-corrected chi connectivity index (χ3v) is 10.9. The molecule has 1 unspecified atom stereocenters. The first kappa shape index (κ1) is 45.1. The number of aliphatic carboxylic acids is 1. The van der Waals surface area contributed by atoms with Crippen LogP contribution in [0.4, 0.5) is 4.79 Å². The first-order chi connectivity index (χ1) is 28.6. The van der Waals surface area contributed by atoms with Gasteiger partial charge in [0, 0.05) is 47.3 Å². The molecule has 3 heterocycles. The lowest BCUT2D eigenvalue weighted by Gasteiger charge is -2.44. The van der Waals surface area contributed by atoms with Crippen molar-refractivity contribution in [1.82, 2.24) is 25.3 Å². The highest BCUT2D eigenvalue weighted by atomic mass is 32.2. The maximum absolute atomic E-state index is 14.1. The van der Waals surface area contributed by atoms with Crippen LogP contribution in [0.5, 0.6) is 23.0 Å². The van der Waals surface area contributed by atoms with Gasteiger partial charge in [0.05, 0.1) is 10.3 Å². The summed E-state index contributed by atoms with van der Waals surface area (Å²) in [7, 11) is 0. The maximum atomic E-state index is 14.1. The van der Waals surface area contributed by atoms with Crippen molar-refractivity contribution in [2.45, 2.75) is 69.8 Å². The minimum Gasteiger partial charge on any atom is -0.480 e. The summed E-state index contributed by atoms with van der Waals surface area (Å²) in [5, 5.41) is 14.1. The number of benzene rings is 2. The second-order valence-electron chi connectivity index (χ2n) is 13.8. The molecule has 0 radical (unpaired) electrons. The number of hydrogen-bond acceptors (Lipinski definition) is 17. The van der Waals surface area contributed by atoms with E-state index in [4.69, 9.17) is 23.7 Å². The highest BCUT2D eigenvalue weighted by molar-refractivity contribution is 8.01. The third kappa shape index (κ3) is 9.72. The van der Waals surface area contributed by atoms with Crippen LogP contribution in [0.15, 0.2) is 36.4 Å². The second-order valence-corrected chi connectivity index (χ2v) is 15.5. The lowest BCUT2D eigenvalue weighted by molar-refractivity contribution is -0.161. The number of ether oxygens (including phenoxy) is 5. The van der Waals surface area contributed by atoms with Crippen molar-refractivity contribution in [3.05, 3.63) is 47.5 Å². The molecule has 3 fully saturated rings. The number of carbonyl (C=O) groups excluding carboxylic acids is 10. The Labute approximate surface area is 350 Å². The Hall–Kier alpha value is -7.04. The minimum absolute atomic E-state index is 0.000849. The molecular formula is C38H39N5O17S. The molecule has 22 nitrogen and oxygen atoms in total. The predicted octanol–water partition coefficient (Wildman–Crippen LogP) is 0.298. The van der Waals surface area contributed by atoms with Crippen LogP contribution in [0.3, 0.4) is 0 Å². The average molecular weight is 870 g/mol. The van der Waals surface area contributed by atoms with Crippen LogP contribution in [0.2, 0.25) is 0 Å². The van der Waals surface area contributed by atoms with Crippen LogP contribution >= 0.6 is 11.8 Å². The topological polar surface area (TPSA) is 288 Å². The zero-order valence-electron chi connectivity index (χ0n) is 33.3. The maximum Gasteiger partial charge on any atom is 0.338 e. The lowest BCUT2D eigenvalue weighted by atomic mass is 9.94. The molecule has 0 aliphatic carbocycles. The fourth-order valence-corrected chi connectivity index (χ4v) is 8.31. The van der Waals surface area contributed by atoms with Gasteiger partial charge in [0.2, 0.25) is 11.8 Å². The molecule has 6 amide bonds. The minimum atomic E-state index is -1.78. The number of esters is 5. The molecule has 2 aromatic rings. The van der Waals surface area contributed by atoms with Gasteiger partial charge in [-0.3, -0.25) is 43.3 Å². The number of thioether (sulfide) groups is 1. The van der Waals surface area contributed by atoms with Crippen molar-refractivity contribution in [2.24, 2.45) is 0 Å². The molecule has 0 aromatic heterocycles. The van der Waals surface area contributed by atoms with E-state index in [1.54, 1.807) is 6.92 Å². The molecule has 5 rings (SSSR count). The molecule has 0 saturated carbocycles. The average Bonchev–Trinajstić information content (AvgIpc) is 3.46. The molecule has 3 aliphatic heterocycles. The summed E-state index contributed by atoms with van der Waals surface area (Å²) in [6.07, 6.45) is 0. The normalized spacial score (nSPS) is 21.0. The Bertz CT molecular complexity index is 2250. The number of nitrogens with zero attached hydrogens (tertiary/aromatic N) is 3. The summed E-state index contributed by atoms with van der Waals surface area (Å²) < 4.78 is 24.3. The van der Waals surface area contributed by atoms with Gasteiger partial charge in [0.1, 0.15) is 30.1 Å². The van der Waals surface area contributed by atoms with E-state index in [-0.39, 0.29) is 53.8 Å². The van der Waals surface area contributed by atoms with Gasteiger partial charge in [0.15, 0.2) is 23.0 Å². The smallest absolute Gasteiger partial charge is 0.338 e. The molecule has 3 saturated heterocycles. The Kier molecular flexibility index (Phi) is 13.3. The molecule has 5 atom stereocenters. The number of β-lactam (4-membered cyclic amide) rings is 1. The molecule has 3 N–H and O–H groups in total. The van der Waals surface area contributed by atoms with E-state index in [0.717, 1.165) is 62.6 Å². The Balaban J connectivity index is 1.39. The van der Waals surface area contributed by atoms with E-state index in [1.807, 2.05) is 0 Å². The fraction of sp³-hybridized carbons (Fsp3) is 0.395. The van der Waals surface area contributed by atoms with Crippen LogP contribution in [0, 0.1) is 0 Å². The summed E-state index contributed by atoms with van der Waals surface area (Å²) in [5.74, 6) is -10.7. The number of carboxylic acids is 1. The predicted molar refractivity (Wildman–Crippen MR) is 204 cm³/mol. The van der Waals surface area contributed by atoms with Gasteiger partial charge >= 0.3 is 53.7 Å². The van der Waals surface area contributed by atoms with Gasteiger partial charge in [-0.25, -0.2) is 14.4 Å². The number of carboxylic acid groups (broad SMARTS) is 1. The Morgan fingerprint density at radius 3 is 1.92 bits per heavy atom. The number of urea groups is 1. The largest absolute Gasteiger partial charge is 0.480 e. The quantitative estimate of drug-likeness (QED) is 0.106. The number of hydrogen-bond donors (Lipinski definition) is 3. The first-order valence-corrected chi connectivity index (χ1v) is 19.2. The van der Waals surface area contributed by atoms with E-state index in [0.29, 0.717) is 4.90 Å². The lowest BCUT2D eigenvalue weighted by Crippen LogP contribution is -2.71. The summed E-state index contributed by atoms with van der Waals surface area (Å²) in [5.41, 5.74) is -0.274. The van der Waals surface area contributed by atoms with Crippen molar-refractivity contribution in [3.8, 4) is 23.0 Å². The Morgan fingerprint density at radius 1 is 0.803 bits per heavy atom. The van der Waals surface area contributed by atoms with Gasteiger partial charge in [-0.1, -0.05) is 6.07 Å². The van der Waals surface area contributed by atoms with E-state index in [1.165, 1.54) is 30.0 Å². The number of nitrogens with one attached hydrogen (secondary N) is 2. The van der Waals surface area contributed by atoms with Crippen LogP contribution in [0.25, 0.3) is 0 Å². The zero-order valence-corrected chi connectivity index (χ0v) is 34.1. The van der Waals surface area contributed by atoms with Crippen LogP contribution in [-0.4, -0.2) is 134 Å². The van der Waals surface area contributed by atoms with E-state index >= 15 is 0 Å². The molecular weight excluding hydrogens is 831 g/mol. The van der Waals surface area contributed by atoms with Crippen LogP contribution in [0.1, 0.15) is 63.5 Å². The van der Waals surface area contributed by atoms with Crippen molar-refractivity contribution in [3.63, 3.8) is 0 Å². The number of rotatable bonds is 13. The summed E-state index contributed by atoms with van der Waals surface area (Å²) >= 11 is 0.892. The van der Waals surface area contributed by atoms with Gasteiger partial charge in [-0.05, 0) is 49.7 Å². The third-order valence-electron chi connectivity index (χ3n) is 9.31. The molecule has 61 heavy (non-hydrogen) atoms. The van der Waals surface area contributed by atoms with E-state index in [9.17, 15) is 57.8 Å². The van der Waals surface area contributed by atoms with Crippen molar-refractivity contribution in [1.29, 1.82) is 0 Å². The van der Waals surface area contributed by atoms with Crippen LogP contribution in [-0.2, 0) is 47.9 Å². The number of piperazine rings is 1. The number of carbonyl (C=O) groups is 11. The highest BCUT2D eigenvalue weighted by Crippen LogP contribution is 2.51. The van der Waals surface area contributed by atoms with Gasteiger partial charge in [-0.2, -0.15) is 0 Å².